The first-order valence-electron chi connectivity index (χ1n) is 11.8. The van der Waals surface area contributed by atoms with E-state index in [2.05, 4.69) is 0 Å². The largest absolute Gasteiger partial charge is 0.327 e. The van der Waals surface area contributed by atoms with Gasteiger partial charge in [0, 0.05) is 26.2 Å². The third kappa shape index (κ3) is 4.16. The summed E-state index contributed by atoms with van der Waals surface area (Å²) >= 11 is 0. The highest BCUT2D eigenvalue weighted by Gasteiger charge is 2.46. The van der Waals surface area contributed by atoms with Crippen molar-refractivity contribution >= 4 is 23.9 Å². The molecule has 0 saturated carbocycles. The number of hydrogen-bond acceptors (Lipinski definition) is 4. The highest BCUT2D eigenvalue weighted by Crippen LogP contribution is 2.33. The SMILES string of the molecule is CCN1C(=O)C(c2ccccc2)N(CCCCN2C(=O)N(CC)C(=O)C2c2ccccc2)C1=O. The zero-order valence-corrected chi connectivity index (χ0v) is 19.6. The number of unbranched alkanes of at least 4 members (excludes halogenated alkanes) is 1. The minimum absolute atomic E-state index is 0.207. The van der Waals surface area contributed by atoms with Gasteiger partial charge in [-0.1, -0.05) is 60.7 Å². The van der Waals surface area contributed by atoms with Crippen LogP contribution in [0, 0.1) is 0 Å². The molecule has 6 amide bonds. The third-order valence-corrected chi connectivity index (χ3v) is 6.49. The predicted molar refractivity (Wildman–Crippen MR) is 127 cm³/mol. The molecular weight excluding hydrogens is 432 g/mol. The maximum Gasteiger partial charge on any atom is 0.327 e. The fourth-order valence-electron chi connectivity index (χ4n) is 4.79. The van der Waals surface area contributed by atoms with Gasteiger partial charge >= 0.3 is 12.1 Å². The number of nitrogens with zero attached hydrogens (tertiary/aromatic N) is 4. The van der Waals surface area contributed by atoms with Gasteiger partial charge in [0.2, 0.25) is 0 Å². The quantitative estimate of drug-likeness (QED) is 0.419. The first kappa shape index (κ1) is 23.5. The Balaban J connectivity index is 1.45. The lowest BCUT2D eigenvalue weighted by molar-refractivity contribution is -0.129. The summed E-state index contributed by atoms with van der Waals surface area (Å²) in [4.78, 5) is 57.4. The Bertz CT molecular complexity index is 973. The Kier molecular flexibility index (Phi) is 6.95. The first-order chi connectivity index (χ1) is 16.5. The Morgan fingerprint density at radius 1 is 0.588 bits per heavy atom. The van der Waals surface area contributed by atoms with Crippen LogP contribution in [0.1, 0.15) is 49.9 Å². The van der Waals surface area contributed by atoms with E-state index in [1.807, 2.05) is 60.7 Å². The molecule has 0 aliphatic carbocycles. The van der Waals surface area contributed by atoms with Crippen molar-refractivity contribution in [2.24, 2.45) is 0 Å². The molecule has 2 saturated heterocycles. The molecule has 8 nitrogen and oxygen atoms in total. The third-order valence-electron chi connectivity index (χ3n) is 6.49. The second kappa shape index (κ2) is 10.1. The molecule has 4 rings (SSSR count). The van der Waals surface area contributed by atoms with Gasteiger partial charge in [-0.3, -0.25) is 19.4 Å². The Labute approximate surface area is 199 Å². The van der Waals surface area contributed by atoms with Gasteiger partial charge < -0.3 is 9.80 Å². The van der Waals surface area contributed by atoms with E-state index in [-0.39, 0.29) is 23.9 Å². The maximum atomic E-state index is 12.9. The Hall–Kier alpha value is -3.68. The van der Waals surface area contributed by atoms with Crippen molar-refractivity contribution in [3.8, 4) is 0 Å². The molecule has 0 N–H and O–H groups in total. The van der Waals surface area contributed by atoms with Gasteiger partial charge in [-0.2, -0.15) is 0 Å². The number of rotatable bonds is 9. The summed E-state index contributed by atoms with van der Waals surface area (Å²) in [6, 6.07) is 16.8. The van der Waals surface area contributed by atoms with Crippen molar-refractivity contribution in [1.82, 2.24) is 19.6 Å². The molecule has 0 radical (unpaired) electrons. The zero-order chi connectivity index (χ0) is 24.2. The summed E-state index contributed by atoms with van der Waals surface area (Å²) in [5.74, 6) is -0.413. The van der Waals surface area contributed by atoms with Crippen LogP contribution in [-0.2, 0) is 9.59 Å². The van der Waals surface area contributed by atoms with E-state index in [4.69, 9.17) is 0 Å². The molecular formula is C26H30N4O4. The van der Waals surface area contributed by atoms with E-state index in [1.54, 1.807) is 23.6 Å². The maximum absolute atomic E-state index is 12.9. The van der Waals surface area contributed by atoms with Gasteiger partial charge in [0.05, 0.1) is 0 Å². The van der Waals surface area contributed by atoms with E-state index >= 15 is 0 Å². The molecule has 0 spiro atoms. The molecule has 0 aromatic heterocycles. The summed E-state index contributed by atoms with van der Waals surface area (Å²) in [7, 11) is 0. The van der Waals surface area contributed by atoms with Crippen molar-refractivity contribution in [3.05, 3.63) is 71.8 Å². The second-order valence-corrected chi connectivity index (χ2v) is 8.45. The highest BCUT2D eigenvalue weighted by molar-refractivity contribution is 6.05. The molecule has 2 aliphatic heterocycles. The van der Waals surface area contributed by atoms with Crippen molar-refractivity contribution in [2.45, 2.75) is 38.8 Å². The summed E-state index contributed by atoms with van der Waals surface area (Å²) in [5.41, 5.74) is 1.58. The smallest absolute Gasteiger partial charge is 0.308 e. The van der Waals surface area contributed by atoms with Gasteiger partial charge in [0.1, 0.15) is 12.1 Å². The van der Waals surface area contributed by atoms with Crippen LogP contribution in [-0.4, -0.2) is 69.7 Å². The number of hydrogen-bond donors (Lipinski definition) is 0. The van der Waals surface area contributed by atoms with Crippen LogP contribution in [0.5, 0.6) is 0 Å². The van der Waals surface area contributed by atoms with E-state index in [0.717, 1.165) is 11.1 Å². The van der Waals surface area contributed by atoms with Crippen molar-refractivity contribution < 1.29 is 19.2 Å². The van der Waals surface area contributed by atoms with Crippen LogP contribution in [0.15, 0.2) is 60.7 Å². The van der Waals surface area contributed by atoms with Gasteiger partial charge in [-0.25, -0.2) is 9.59 Å². The lowest BCUT2D eigenvalue weighted by Crippen LogP contribution is -2.35. The van der Waals surface area contributed by atoms with Crippen molar-refractivity contribution in [3.63, 3.8) is 0 Å². The van der Waals surface area contributed by atoms with E-state index in [1.165, 1.54) is 9.80 Å². The molecule has 2 heterocycles. The highest BCUT2D eigenvalue weighted by atomic mass is 16.2. The molecule has 8 heteroatoms. The van der Waals surface area contributed by atoms with E-state index in [0.29, 0.717) is 39.0 Å². The molecule has 2 aromatic carbocycles. The lowest BCUT2D eigenvalue weighted by Gasteiger charge is -2.24. The lowest BCUT2D eigenvalue weighted by atomic mass is 10.0. The molecule has 2 aliphatic rings. The summed E-state index contributed by atoms with van der Waals surface area (Å²) < 4.78 is 0. The Morgan fingerprint density at radius 3 is 1.26 bits per heavy atom. The average Bonchev–Trinajstić information content (AvgIpc) is 3.25. The molecule has 2 unspecified atom stereocenters. The summed E-state index contributed by atoms with van der Waals surface area (Å²) in [6.07, 6.45) is 1.21. The standard InChI is InChI=1S/C26H30N4O4/c1-3-27-23(31)21(19-13-7-5-8-14-19)29(25(27)33)17-11-12-18-30-22(20-15-9-6-10-16-20)24(32)28(4-2)26(30)34/h5-10,13-16,21-22H,3-4,11-12,17-18H2,1-2H3. The van der Waals surface area contributed by atoms with Crippen LogP contribution in [0.25, 0.3) is 0 Å². The molecule has 34 heavy (non-hydrogen) atoms. The number of carbonyl (C=O) groups excluding carboxylic acids is 4. The normalized spacial score (nSPS) is 20.8. The van der Waals surface area contributed by atoms with E-state index in [9.17, 15) is 19.2 Å². The van der Waals surface area contributed by atoms with Gasteiger partial charge in [-0.15, -0.1) is 0 Å². The fraction of sp³-hybridized carbons (Fsp3) is 0.385. The molecule has 178 valence electrons. The van der Waals surface area contributed by atoms with Gasteiger partial charge in [-0.05, 0) is 37.8 Å². The van der Waals surface area contributed by atoms with Crippen LogP contribution >= 0.6 is 0 Å². The molecule has 2 atom stereocenters. The van der Waals surface area contributed by atoms with Crippen LogP contribution < -0.4 is 0 Å². The number of urea groups is 2. The Morgan fingerprint density at radius 2 is 0.941 bits per heavy atom. The minimum atomic E-state index is -0.628. The van der Waals surface area contributed by atoms with Crippen LogP contribution in [0.3, 0.4) is 0 Å². The van der Waals surface area contributed by atoms with Crippen molar-refractivity contribution in [1.29, 1.82) is 0 Å². The minimum Gasteiger partial charge on any atom is -0.308 e. The van der Waals surface area contributed by atoms with Gasteiger partial charge in [0.25, 0.3) is 11.8 Å². The number of amides is 6. The van der Waals surface area contributed by atoms with E-state index < -0.39 is 12.1 Å². The average molecular weight is 463 g/mol. The molecule has 2 aromatic rings. The van der Waals surface area contributed by atoms with Crippen LogP contribution in [0.4, 0.5) is 9.59 Å². The number of imide groups is 2. The van der Waals surface area contributed by atoms with Crippen LogP contribution in [0.2, 0.25) is 0 Å². The molecule has 0 bridgehead atoms. The molecule has 2 fully saturated rings. The topological polar surface area (TPSA) is 81.2 Å². The summed E-state index contributed by atoms with van der Waals surface area (Å²) in [6.45, 7) is 5.02. The fourth-order valence-corrected chi connectivity index (χ4v) is 4.79. The number of likely N-dealkylation sites (N-methyl/N-ethyl adjacent to an activating group) is 2. The van der Waals surface area contributed by atoms with Crippen molar-refractivity contribution in [2.75, 3.05) is 26.2 Å². The second-order valence-electron chi connectivity index (χ2n) is 8.45. The predicted octanol–water partition coefficient (Wildman–Crippen LogP) is 3.82. The van der Waals surface area contributed by atoms with Gasteiger partial charge in [0.15, 0.2) is 0 Å². The monoisotopic (exact) mass is 462 g/mol. The summed E-state index contributed by atoms with van der Waals surface area (Å²) in [5, 5.41) is 0. The first-order valence-corrected chi connectivity index (χ1v) is 11.8. The zero-order valence-electron chi connectivity index (χ0n) is 19.6. The number of carbonyl (C=O) groups is 4. The number of benzene rings is 2.